The van der Waals surface area contributed by atoms with Gasteiger partial charge in [0.1, 0.15) is 0 Å². The molecule has 0 heterocycles. The average Bonchev–Trinajstić information content (AvgIpc) is 3.16. The van der Waals surface area contributed by atoms with Gasteiger partial charge in [-0.25, -0.2) is 0 Å². The highest BCUT2D eigenvalue weighted by atomic mass is 15.1. The van der Waals surface area contributed by atoms with Gasteiger partial charge in [0, 0.05) is 34.1 Å². The van der Waals surface area contributed by atoms with Crippen LogP contribution in [-0.2, 0) is 0 Å². The summed E-state index contributed by atoms with van der Waals surface area (Å²) < 4.78 is 0. The molecule has 9 aromatic carbocycles. The van der Waals surface area contributed by atoms with Crippen molar-refractivity contribution in [1.82, 2.24) is 0 Å². The maximum Gasteiger partial charge on any atom is 0.0468 e. The third kappa shape index (κ3) is 4.92. The quantitative estimate of drug-likeness (QED) is 0.136. The Morgan fingerprint density at radius 2 is 0.500 bits per heavy atom. The monoisotopic (exact) mass is 612 g/mol. The Hall–Kier alpha value is -6.38. The van der Waals surface area contributed by atoms with E-state index in [-0.39, 0.29) is 0 Å². The van der Waals surface area contributed by atoms with Crippen molar-refractivity contribution in [3.63, 3.8) is 0 Å². The molecule has 0 atom stereocenters. The van der Waals surface area contributed by atoms with Crippen molar-refractivity contribution >= 4 is 77.2 Å². The lowest BCUT2D eigenvalue weighted by Gasteiger charge is -2.26. The van der Waals surface area contributed by atoms with Crippen molar-refractivity contribution in [1.29, 1.82) is 0 Å². The molecule has 9 aromatic rings. The van der Waals surface area contributed by atoms with E-state index >= 15 is 0 Å². The highest BCUT2D eigenvalue weighted by Crippen LogP contribution is 2.40. The molecule has 2 heteroatoms. The molecular formula is C46H32N2. The summed E-state index contributed by atoms with van der Waals surface area (Å²) in [6.07, 6.45) is 0. The number of para-hydroxylation sites is 4. The van der Waals surface area contributed by atoms with Gasteiger partial charge < -0.3 is 9.80 Å². The predicted octanol–water partition coefficient (Wildman–Crippen LogP) is 13.2. The van der Waals surface area contributed by atoms with Gasteiger partial charge in [-0.1, -0.05) is 109 Å². The number of rotatable bonds is 6. The van der Waals surface area contributed by atoms with Gasteiger partial charge in [0.05, 0.1) is 0 Å². The first-order valence-corrected chi connectivity index (χ1v) is 16.4. The van der Waals surface area contributed by atoms with Gasteiger partial charge in [0.25, 0.3) is 0 Å². The molecule has 0 fully saturated rings. The van der Waals surface area contributed by atoms with Crippen LogP contribution in [0.25, 0.3) is 43.1 Å². The summed E-state index contributed by atoms with van der Waals surface area (Å²) in [6.45, 7) is 0. The summed E-state index contributed by atoms with van der Waals surface area (Å²) in [5, 5.41) is 10.0. The van der Waals surface area contributed by atoms with E-state index in [1.165, 1.54) is 43.1 Å². The first-order valence-electron chi connectivity index (χ1n) is 16.4. The topological polar surface area (TPSA) is 6.48 Å². The lowest BCUT2D eigenvalue weighted by atomic mass is 9.95. The maximum absolute atomic E-state index is 2.37. The van der Waals surface area contributed by atoms with E-state index in [2.05, 4.69) is 204 Å². The normalized spacial score (nSPS) is 11.3. The van der Waals surface area contributed by atoms with Crippen molar-refractivity contribution in [3.8, 4) is 0 Å². The largest absolute Gasteiger partial charge is 0.310 e. The van der Waals surface area contributed by atoms with Crippen molar-refractivity contribution in [2.24, 2.45) is 0 Å². The molecule has 0 aliphatic heterocycles. The first-order chi connectivity index (χ1) is 23.8. The Kier molecular flexibility index (Phi) is 6.84. The fourth-order valence-electron chi connectivity index (χ4n) is 7.08. The van der Waals surface area contributed by atoms with Gasteiger partial charge in [0.2, 0.25) is 0 Å². The lowest BCUT2D eigenvalue weighted by molar-refractivity contribution is 1.29. The minimum absolute atomic E-state index is 1.14. The summed E-state index contributed by atoms with van der Waals surface area (Å²) in [5.74, 6) is 0. The molecule has 0 aromatic heterocycles. The number of hydrogen-bond acceptors (Lipinski definition) is 2. The summed E-state index contributed by atoms with van der Waals surface area (Å²) in [4.78, 5) is 4.64. The van der Waals surface area contributed by atoms with E-state index in [9.17, 15) is 0 Å². The van der Waals surface area contributed by atoms with Crippen molar-refractivity contribution < 1.29 is 0 Å². The smallest absolute Gasteiger partial charge is 0.0468 e. The third-order valence-electron chi connectivity index (χ3n) is 9.33. The molecule has 226 valence electrons. The highest BCUT2D eigenvalue weighted by molar-refractivity contribution is 6.18. The average molecular weight is 613 g/mol. The lowest BCUT2D eigenvalue weighted by Crippen LogP contribution is -2.09. The van der Waals surface area contributed by atoms with Crippen molar-refractivity contribution in [2.45, 2.75) is 0 Å². The Morgan fingerprint density at radius 1 is 0.208 bits per heavy atom. The van der Waals surface area contributed by atoms with Crippen LogP contribution in [0.15, 0.2) is 194 Å². The molecule has 0 spiro atoms. The number of nitrogens with zero attached hydrogens (tertiary/aromatic N) is 2. The predicted molar refractivity (Wildman–Crippen MR) is 206 cm³/mol. The highest BCUT2D eigenvalue weighted by Gasteiger charge is 2.15. The molecular weight excluding hydrogens is 581 g/mol. The Morgan fingerprint density at radius 3 is 0.812 bits per heavy atom. The van der Waals surface area contributed by atoms with Gasteiger partial charge in [-0.15, -0.1) is 0 Å². The zero-order valence-corrected chi connectivity index (χ0v) is 26.4. The van der Waals surface area contributed by atoms with E-state index in [4.69, 9.17) is 0 Å². The Balaban J connectivity index is 1.15. The van der Waals surface area contributed by atoms with Crippen LogP contribution in [0, 0.1) is 0 Å². The molecule has 0 N–H and O–H groups in total. The second-order valence-electron chi connectivity index (χ2n) is 12.2. The summed E-state index contributed by atoms with van der Waals surface area (Å²) in [7, 11) is 0. The van der Waals surface area contributed by atoms with E-state index in [0.717, 1.165) is 34.1 Å². The number of benzene rings is 9. The summed E-state index contributed by atoms with van der Waals surface area (Å²) in [5.41, 5.74) is 6.84. The van der Waals surface area contributed by atoms with Crippen LogP contribution in [0.4, 0.5) is 34.1 Å². The van der Waals surface area contributed by atoms with E-state index in [1.54, 1.807) is 0 Å². The molecule has 0 unspecified atom stereocenters. The van der Waals surface area contributed by atoms with E-state index in [1.807, 2.05) is 0 Å². The molecule has 0 radical (unpaired) electrons. The summed E-state index contributed by atoms with van der Waals surface area (Å²) >= 11 is 0. The fraction of sp³-hybridized carbons (Fsp3) is 0. The van der Waals surface area contributed by atoms with Crippen LogP contribution >= 0.6 is 0 Å². The summed E-state index contributed by atoms with van der Waals surface area (Å²) in [6, 6.07) is 69.8. The molecule has 0 aliphatic rings. The zero-order valence-electron chi connectivity index (χ0n) is 26.4. The third-order valence-corrected chi connectivity index (χ3v) is 9.33. The van der Waals surface area contributed by atoms with Crippen molar-refractivity contribution in [3.05, 3.63) is 194 Å². The van der Waals surface area contributed by atoms with E-state index < -0.39 is 0 Å². The molecule has 48 heavy (non-hydrogen) atoms. The standard InChI is InChI=1S/C46H32N2/c1-5-13-37(14-6-1)47(38-15-7-2-8-16-38)41-25-27-43-33(29-41)21-23-35-32-46-36(31-45(35)43)24-22-34-30-42(26-28-44(34)46)48(39-17-9-3-10-18-39)40-19-11-4-12-20-40/h1-32H. The Bertz CT molecular complexity index is 2280. The number of anilines is 6. The maximum atomic E-state index is 2.37. The van der Waals surface area contributed by atoms with Gasteiger partial charge in [-0.2, -0.15) is 0 Å². The number of fused-ring (bicyclic) bond motifs is 6. The van der Waals surface area contributed by atoms with Gasteiger partial charge in [-0.05, 0) is 128 Å². The Labute approximate surface area is 280 Å². The van der Waals surface area contributed by atoms with Gasteiger partial charge in [0.15, 0.2) is 0 Å². The van der Waals surface area contributed by atoms with Crippen LogP contribution in [0.1, 0.15) is 0 Å². The van der Waals surface area contributed by atoms with Gasteiger partial charge >= 0.3 is 0 Å². The number of hydrogen-bond donors (Lipinski definition) is 0. The van der Waals surface area contributed by atoms with Crippen LogP contribution in [-0.4, -0.2) is 0 Å². The molecule has 0 saturated carbocycles. The minimum Gasteiger partial charge on any atom is -0.310 e. The minimum atomic E-state index is 1.14. The first kappa shape index (κ1) is 27.9. The molecule has 2 nitrogen and oxygen atoms in total. The molecule has 0 amide bonds. The second-order valence-corrected chi connectivity index (χ2v) is 12.2. The SMILES string of the molecule is c1ccc(N(c2ccccc2)c2ccc3c(ccc4cc5c(ccc6cc(N(c7ccccc7)c7ccccc7)ccc65)cc43)c2)cc1. The van der Waals surface area contributed by atoms with Crippen molar-refractivity contribution in [2.75, 3.05) is 9.80 Å². The van der Waals surface area contributed by atoms with E-state index in [0.29, 0.717) is 0 Å². The van der Waals surface area contributed by atoms with Crippen LogP contribution in [0.5, 0.6) is 0 Å². The molecule has 0 aliphatic carbocycles. The van der Waals surface area contributed by atoms with Gasteiger partial charge in [-0.3, -0.25) is 0 Å². The molecule has 9 rings (SSSR count). The van der Waals surface area contributed by atoms with Crippen LogP contribution < -0.4 is 9.80 Å². The van der Waals surface area contributed by atoms with Crippen LogP contribution in [0.3, 0.4) is 0 Å². The second kappa shape index (κ2) is 11.8. The molecule has 0 saturated heterocycles. The van der Waals surface area contributed by atoms with Crippen LogP contribution in [0.2, 0.25) is 0 Å². The molecule has 0 bridgehead atoms. The zero-order chi connectivity index (χ0) is 31.9. The fourth-order valence-corrected chi connectivity index (χ4v) is 7.08.